The van der Waals surface area contributed by atoms with Crippen LogP contribution >= 0.6 is 0 Å². The molecule has 8 heteroatoms. The number of alkyl carbamates (subject to hydrolysis) is 1. The molecule has 1 aliphatic carbocycles. The summed E-state index contributed by atoms with van der Waals surface area (Å²) in [4.78, 5) is 39.7. The van der Waals surface area contributed by atoms with Crippen LogP contribution in [-0.2, 0) is 9.53 Å². The van der Waals surface area contributed by atoms with Crippen molar-refractivity contribution >= 4 is 23.7 Å². The van der Waals surface area contributed by atoms with E-state index in [-0.39, 0.29) is 30.7 Å². The van der Waals surface area contributed by atoms with Gasteiger partial charge in [0.25, 0.3) is 0 Å². The van der Waals surface area contributed by atoms with Gasteiger partial charge in [-0.2, -0.15) is 0 Å². The Kier molecular flexibility index (Phi) is 6.82. The molecule has 0 fully saturated rings. The second-order valence-electron chi connectivity index (χ2n) is 9.08. The second-order valence-corrected chi connectivity index (χ2v) is 9.08. The SMILES string of the molecule is CC(C)(CCNC(=O)OCC1c2ccccc2-c2ccccc21)C(=O)Nc1ccc(C(=O)O)nc1. The van der Waals surface area contributed by atoms with Gasteiger partial charge in [0, 0.05) is 17.9 Å². The van der Waals surface area contributed by atoms with Gasteiger partial charge in [0.1, 0.15) is 12.3 Å². The molecule has 35 heavy (non-hydrogen) atoms. The van der Waals surface area contributed by atoms with Crippen molar-refractivity contribution in [3.63, 3.8) is 0 Å². The van der Waals surface area contributed by atoms with Gasteiger partial charge in [0.2, 0.25) is 5.91 Å². The summed E-state index contributed by atoms with van der Waals surface area (Å²) < 4.78 is 5.53. The number of aromatic nitrogens is 1. The van der Waals surface area contributed by atoms with Gasteiger partial charge in [-0.15, -0.1) is 0 Å². The molecule has 0 spiro atoms. The highest BCUT2D eigenvalue weighted by Gasteiger charge is 2.30. The van der Waals surface area contributed by atoms with Crippen molar-refractivity contribution in [1.29, 1.82) is 0 Å². The predicted molar refractivity (Wildman–Crippen MR) is 131 cm³/mol. The number of carbonyl (C=O) groups excluding carboxylic acids is 2. The molecule has 4 rings (SSSR count). The molecule has 2 amide bonds. The number of rotatable bonds is 8. The minimum absolute atomic E-state index is 0.0171. The number of ether oxygens (including phenoxy) is 1. The Balaban J connectivity index is 1.27. The van der Waals surface area contributed by atoms with E-state index in [1.807, 2.05) is 24.3 Å². The molecule has 1 aromatic heterocycles. The van der Waals surface area contributed by atoms with Crippen LogP contribution in [0.25, 0.3) is 11.1 Å². The third kappa shape index (κ3) is 5.32. The quantitative estimate of drug-likeness (QED) is 0.438. The maximum atomic E-state index is 12.7. The van der Waals surface area contributed by atoms with E-state index in [0.717, 1.165) is 22.3 Å². The highest BCUT2D eigenvalue weighted by molar-refractivity contribution is 5.95. The van der Waals surface area contributed by atoms with Gasteiger partial charge in [0.15, 0.2) is 0 Å². The summed E-state index contributed by atoms with van der Waals surface area (Å²) in [6.07, 6.45) is 1.15. The van der Waals surface area contributed by atoms with Gasteiger partial charge >= 0.3 is 12.1 Å². The van der Waals surface area contributed by atoms with Crippen LogP contribution in [-0.4, -0.2) is 41.2 Å². The Morgan fingerprint density at radius 1 is 0.971 bits per heavy atom. The molecule has 0 saturated heterocycles. The Bertz CT molecular complexity index is 1210. The first kappa shape index (κ1) is 23.9. The maximum Gasteiger partial charge on any atom is 0.407 e. The molecule has 0 radical (unpaired) electrons. The van der Waals surface area contributed by atoms with Crippen molar-refractivity contribution in [2.75, 3.05) is 18.5 Å². The standard InChI is InChI=1S/C27H27N3O5/c1-27(2,25(33)30-17-11-12-23(24(31)32)29-15-17)13-14-28-26(34)35-16-22-20-9-5-3-7-18(20)19-8-4-6-10-21(19)22/h3-12,15,22H,13-14,16H2,1-2H3,(H,28,34)(H,30,33)(H,31,32). The smallest absolute Gasteiger partial charge is 0.407 e. The summed E-state index contributed by atoms with van der Waals surface area (Å²) >= 11 is 0. The summed E-state index contributed by atoms with van der Waals surface area (Å²) in [5.74, 6) is -1.42. The first-order valence-corrected chi connectivity index (χ1v) is 11.4. The number of nitrogens with zero attached hydrogens (tertiary/aromatic N) is 1. The number of anilines is 1. The average molecular weight is 474 g/mol. The molecule has 0 saturated carbocycles. The lowest BCUT2D eigenvalue weighted by Crippen LogP contribution is -2.36. The first-order valence-electron chi connectivity index (χ1n) is 11.4. The van der Waals surface area contributed by atoms with Crippen molar-refractivity contribution in [3.05, 3.63) is 83.7 Å². The highest BCUT2D eigenvalue weighted by atomic mass is 16.5. The summed E-state index contributed by atoms with van der Waals surface area (Å²) in [5.41, 5.74) is 4.13. The topological polar surface area (TPSA) is 118 Å². The second kappa shape index (κ2) is 9.97. The molecule has 1 aliphatic rings. The number of pyridine rings is 1. The fourth-order valence-corrected chi connectivity index (χ4v) is 4.13. The number of amides is 2. The van der Waals surface area contributed by atoms with E-state index in [0.29, 0.717) is 12.1 Å². The molecule has 8 nitrogen and oxygen atoms in total. The van der Waals surface area contributed by atoms with Gasteiger partial charge in [-0.05, 0) is 40.8 Å². The average Bonchev–Trinajstić information content (AvgIpc) is 3.16. The maximum absolute atomic E-state index is 12.7. The number of carboxylic acid groups (broad SMARTS) is 1. The number of hydrogen-bond donors (Lipinski definition) is 3. The molecule has 0 unspecified atom stereocenters. The molecule has 180 valence electrons. The number of aromatic carboxylic acids is 1. The van der Waals surface area contributed by atoms with E-state index < -0.39 is 17.5 Å². The number of nitrogens with one attached hydrogen (secondary N) is 2. The number of fused-ring (bicyclic) bond motifs is 3. The number of carboxylic acids is 1. The van der Waals surface area contributed by atoms with E-state index in [9.17, 15) is 14.4 Å². The Morgan fingerprint density at radius 3 is 2.17 bits per heavy atom. The van der Waals surface area contributed by atoms with Crippen LogP contribution in [0.4, 0.5) is 10.5 Å². The normalized spacial score (nSPS) is 12.4. The zero-order valence-corrected chi connectivity index (χ0v) is 19.6. The summed E-state index contributed by atoms with van der Waals surface area (Å²) in [6.45, 7) is 4.01. The van der Waals surface area contributed by atoms with E-state index in [4.69, 9.17) is 9.84 Å². The molecule has 0 bridgehead atoms. The van der Waals surface area contributed by atoms with Crippen LogP contribution in [0.15, 0.2) is 66.9 Å². The van der Waals surface area contributed by atoms with Crippen molar-refractivity contribution in [2.24, 2.45) is 5.41 Å². The fraction of sp³-hybridized carbons (Fsp3) is 0.259. The minimum atomic E-state index is -1.14. The van der Waals surface area contributed by atoms with E-state index >= 15 is 0 Å². The van der Waals surface area contributed by atoms with E-state index in [1.165, 1.54) is 18.3 Å². The van der Waals surface area contributed by atoms with Crippen LogP contribution < -0.4 is 10.6 Å². The van der Waals surface area contributed by atoms with Crippen molar-refractivity contribution in [3.8, 4) is 11.1 Å². The van der Waals surface area contributed by atoms with Crippen LogP contribution in [0.5, 0.6) is 0 Å². The predicted octanol–water partition coefficient (Wildman–Crippen LogP) is 4.67. The fourth-order valence-electron chi connectivity index (χ4n) is 4.13. The van der Waals surface area contributed by atoms with Gasteiger partial charge in [-0.3, -0.25) is 4.79 Å². The van der Waals surface area contributed by atoms with Gasteiger partial charge in [-0.1, -0.05) is 62.4 Å². The molecule has 0 aliphatic heterocycles. The molecular weight excluding hydrogens is 446 g/mol. The lowest BCUT2D eigenvalue weighted by molar-refractivity contribution is -0.124. The van der Waals surface area contributed by atoms with E-state index in [2.05, 4.69) is 39.9 Å². The van der Waals surface area contributed by atoms with Gasteiger partial charge in [-0.25, -0.2) is 14.6 Å². The van der Waals surface area contributed by atoms with Crippen LogP contribution in [0.1, 0.15) is 47.8 Å². The molecule has 1 heterocycles. The van der Waals surface area contributed by atoms with Gasteiger partial charge < -0.3 is 20.5 Å². The number of hydrogen-bond acceptors (Lipinski definition) is 5. The highest BCUT2D eigenvalue weighted by Crippen LogP contribution is 2.44. The number of benzene rings is 2. The third-order valence-electron chi connectivity index (χ3n) is 6.22. The summed E-state index contributed by atoms with van der Waals surface area (Å²) in [5, 5.41) is 14.4. The first-order chi connectivity index (χ1) is 16.8. The largest absolute Gasteiger partial charge is 0.477 e. The van der Waals surface area contributed by atoms with Crippen molar-refractivity contribution < 1.29 is 24.2 Å². The minimum Gasteiger partial charge on any atom is -0.477 e. The third-order valence-corrected chi connectivity index (χ3v) is 6.22. The summed E-state index contributed by atoms with van der Waals surface area (Å²) in [7, 11) is 0. The van der Waals surface area contributed by atoms with Crippen molar-refractivity contribution in [2.45, 2.75) is 26.2 Å². The Morgan fingerprint density at radius 2 is 1.60 bits per heavy atom. The van der Waals surface area contributed by atoms with Crippen LogP contribution in [0.3, 0.4) is 0 Å². The molecule has 0 atom stereocenters. The Labute approximate surface area is 203 Å². The molecule has 3 aromatic rings. The lowest BCUT2D eigenvalue weighted by atomic mass is 9.88. The van der Waals surface area contributed by atoms with E-state index in [1.54, 1.807) is 13.8 Å². The number of carbonyl (C=O) groups is 3. The van der Waals surface area contributed by atoms with Gasteiger partial charge in [0.05, 0.1) is 11.9 Å². The zero-order valence-electron chi connectivity index (χ0n) is 19.6. The van der Waals surface area contributed by atoms with Crippen molar-refractivity contribution in [1.82, 2.24) is 10.3 Å². The van der Waals surface area contributed by atoms with Crippen LogP contribution in [0, 0.1) is 5.41 Å². The lowest BCUT2D eigenvalue weighted by Gasteiger charge is -2.23. The zero-order chi connectivity index (χ0) is 25.0. The van der Waals surface area contributed by atoms with Crippen LogP contribution in [0.2, 0.25) is 0 Å². The molecule has 2 aromatic carbocycles. The summed E-state index contributed by atoms with van der Waals surface area (Å²) in [6, 6.07) is 19.1. The monoisotopic (exact) mass is 473 g/mol. The molecular formula is C27H27N3O5. The molecule has 3 N–H and O–H groups in total. The Hall–Kier alpha value is -4.20.